The van der Waals surface area contributed by atoms with Crippen molar-refractivity contribution in [2.45, 2.75) is 371 Å². The number of esters is 4. The van der Waals surface area contributed by atoms with E-state index in [1.165, 1.54) is 243 Å². The number of carbonyl (C=O) groups is 4. The number of carbonyl (C=O) groups excluding carboxylic acids is 4. The molecule has 572 valence electrons. The molecule has 2 rings (SSSR count). The molecule has 101 heavy (non-hydrogen) atoms. The molecule has 0 saturated carbocycles. The molecule has 0 spiro atoms. The molecule has 0 amide bonds. The Hall–Kier alpha value is -3.64. The fourth-order valence-electron chi connectivity index (χ4n) is 11.9. The van der Waals surface area contributed by atoms with Gasteiger partial charge >= 0.3 is 61.6 Å². The molecule has 2 aromatic carbocycles. The first kappa shape index (κ1) is 97.4. The maximum atomic E-state index is 13.0. The van der Waals surface area contributed by atoms with Crippen molar-refractivity contribution in [3.05, 3.63) is 107 Å². The van der Waals surface area contributed by atoms with Crippen molar-refractivity contribution in [1.29, 1.82) is 0 Å². The summed E-state index contributed by atoms with van der Waals surface area (Å²) in [6.07, 6.45) is 77.8. The third-order valence-corrected chi connectivity index (χ3v) is 19.8. The van der Waals surface area contributed by atoms with Crippen LogP contribution < -0.4 is 0 Å². The second-order valence-electron chi connectivity index (χ2n) is 27.1. The summed E-state index contributed by atoms with van der Waals surface area (Å²) in [6, 6.07) is 7.22. The van der Waals surface area contributed by atoms with Crippen molar-refractivity contribution in [1.82, 2.24) is 0 Å². The van der Waals surface area contributed by atoms with Gasteiger partial charge in [0.2, 0.25) is 0 Å². The van der Waals surface area contributed by atoms with Gasteiger partial charge in [0.1, 0.15) is 20.2 Å². The van der Waals surface area contributed by atoms with Crippen molar-refractivity contribution >= 4 is 81.9 Å². The van der Waals surface area contributed by atoms with Crippen LogP contribution in [0.15, 0.2) is 94.8 Å². The first-order valence-corrected chi connectivity index (χ1v) is 42.9. The number of hydrogen-bond donors (Lipinski definition) is 0. The third-order valence-electron chi connectivity index (χ3n) is 18.0. The van der Waals surface area contributed by atoms with Crippen LogP contribution >= 0.6 is 0 Å². The van der Waals surface area contributed by atoms with Crippen molar-refractivity contribution < 1.29 is 64.1 Å². The molecule has 0 aliphatic carbocycles. The largest absolute Gasteiger partial charge is 2.00 e. The van der Waals surface area contributed by atoms with Gasteiger partial charge in [-0.3, -0.25) is 0 Å². The van der Waals surface area contributed by atoms with Gasteiger partial charge in [0.25, 0.3) is 0 Å². The number of ether oxygens (including phenoxy) is 4. The standard InChI is InChI=1S/2C42H70O7S.Ca/c2*1-3-5-7-9-11-13-15-17-19-21-23-25-27-29-31-36-48-41(43)38-34-33-35-39(50(45,46)47)40(38)42(44)49-37-32-30-28-26-24-22-20-18-16-14-12-10-8-6-4-2;/h2*11-14,33-35H,3-10,15-32,36-37H2,1-2H3,(H,45,46,47);/q;;+2/p-2/b2*13-11+,14-12+;. The zero-order valence-electron chi connectivity index (χ0n) is 63.9. The smallest absolute Gasteiger partial charge is 0.744 e. The summed E-state index contributed by atoms with van der Waals surface area (Å²) in [5.74, 6) is -3.64. The van der Waals surface area contributed by atoms with E-state index in [-0.39, 0.29) is 75.3 Å². The second kappa shape index (κ2) is 69.4. The molecule has 0 N–H and O–H groups in total. The molecule has 0 aliphatic rings. The van der Waals surface area contributed by atoms with Gasteiger partial charge in [-0.15, -0.1) is 0 Å². The van der Waals surface area contributed by atoms with Crippen LogP contribution in [0, 0.1) is 0 Å². The Labute approximate surface area is 645 Å². The van der Waals surface area contributed by atoms with Crippen molar-refractivity contribution in [3.63, 3.8) is 0 Å². The fourth-order valence-corrected chi connectivity index (χ4v) is 13.3. The molecule has 0 unspecified atom stereocenters. The minimum atomic E-state index is -5.01. The molecule has 0 fully saturated rings. The van der Waals surface area contributed by atoms with Gasteiger partial charge in [0, 0.05) is 0 Å². The quantitative estimate of drug-likeness (QED) is 0.0150. The molecule has 17 heteroatoms. The van der Waals surface area contributed by atoms with Crippen LogP contribution in [0.3, 0.4) is 0 Å². The maximum Gasteiger partial charge on any atom is 2.00 e. The number of hydrogen-bond acceptors (Lipinski definition) is 14. The summed E-state index contributed by atoms with van der Waals surface area (Å²) in [4.78, 5) is 50.2. The Morgan fingerprint density at radius 3 is 0.653 bits per heavy atom. The van der Waals surface area contributed by atoms with E-state index < -0.39 is 65.0 Å². The zero-order valence-corrected chi connectivity index (χ0v) is 67.8. The van der Waals surface area contributed by atoms with Crippen LogP contribution in [-0.2, 0) is 39.2 Å². The molecular formula is C84H138CaO14S2. The van der Waals surface area contributed by atoms with E-state index in [0.29, 0.717) is 25.7 Å². The molecule has 0 atom stereocenters. The monoisotopic (exact) mass is 1470 g/mol. The minimum absolute atomic E-state index is 0. The normalized spacial score (nSPS) is 11.8. The molecule has 0 bridgehead atoms. The Morgan fingerprint density at radius 2 is 0.455 bits per heavy atom. The van der Waals surface area contributed by atoms with Gasteiger partial charge in [0.15, 0.2) is 0 Å². The predicted molar refractivity (Wildman–Crippen MR) is 415 cm³/mol. The number of rotatable bonds is 66. The van der Waals surface area contributed by atoms with Crippen LogP contribution in [0.2, 0.25) is 0 Å². The van der Waals surface area contributed by atoms with E-state index >= 15 is 0 Å². The summed E-state index contributed by atoms with van der Waals surface area (Å²) in [7, 11) is -10.0. The van der Waals surface area contributed by atoms with Gasteiger partial charge in [-0.25, -0.2) is 36.0 Å². The van der Waals surface area contributed by atoms with Crippen molar-refractivity contribution in [2.24, 2.45) is 0 Å². The number of unbranched alkanes of at least 4 members (excludes halogenated alkanes) is 44. The molecule has 0 heterocycles. The average molecular weight is 1480 g/mol. The van der Waals surface area contributed by atoms with E-state index in [9.17, 15) is 45.1 Å². The third kappa shape index (κ3) is 55.5. The first-order chi connectivity index (χ1) is 48.6. The molecule has 0 aromatic heterocycles. The number of allylic oxidation sites excluding steroid dienone is 8. The summed E-state index contributed by atoms with van der Waals surface area (Å²) in [5.41, 5.74) is -1.57. The predicted octanol–water partition coefficient (Wildman–Crippen LogP) is 24.0. The molecule has 2 aromatic rings. The van der Waals surface area contributed by atoms with Crippen LogP contribution in [-0.4, -0.2) is 114 Å². The summed E-state index contributed by atoms with van der Waals surface area (Å²) >= 11 is 0. The van der Waals surface area contributed by atoms with Gasteiger partial charge in [-0.05, 0) is 153 Å². The van der Waals surface area contributed by atoms with E-state index in [0.717, 1.165) is 102 Å². The Morgan fingerprint density at radius 1 is 0.277 bits per heavy atom. The average Bonchev–Trinajstić information content (AvgIpc) is 0.800. The Bertz CT molecular complexity index is 2540. The van der Waals surface area contributed by atoms with Crippen LogP contribution in [0.1, 0.15) is 403 Å². The topological polar surface area (TPSA) is 220 Å². The fraction of sp³-hybridized carbons (Fsp3) is 0.714. The van der Waals surface area contributed by atoms with Crippen molar-refractivity contribution in [3.8, 4) is 0 Å². The van der Waals surface area contributed by atoms with Crippen LogP contribution in [0.4, 0.5) is 0 Å². The van der Waals surface area contributed by atoms with Gasteiger partial charge < -0.3 is 28.1 Å². The van der Waals surface area contributed by atoms with Gasteiger partial charge in [-0.2, -0.15) is 0 Å². The van der Waals surface area contributed by atoms with Crippen LogP contribution in [0.5, 0.6) is 0 Å². The van der Waals surface area contributed by atoms with E-state index in [4.69, 9.17) is 18.9 Å². The molecule has 0 aliphatic heterocycles. The van der Waals surface area contributed by atoms with Gasteiger partial charge in [-0.1, -0.05) is 294 Å². The molecule has 0 radical (unpaired) electrons. The first-order valence-electron chi connectivity index (χ1n) is 40.1. The van der Waals surface area contributed by atoms with E-state index in [1.807, 2.05) is 0 Å². The summed E-state index contributed by atoms with van der Waals surface area (Å²) in [6.45, 7) is 9.39. The molecule has 14 nitrogen and oxygen atoms in total. The van der Waals surface area contributed by atoms with Gasteiger partial charge in [0.05, 0.1) is 58.5 Å². The second-order valence-corrected chi connectivity index (χ2v) is 29.8. The summed E-state index contributed by atoms with van der Waals surface area (Å²) in [5, 5.41) is 0. The van der Waals surface area contributed by atoms with E-state index in [1.54, 1.807) is 0 Å². The maximum absolute atomic E-state index is 13.0. The SMILES string of the molecule is CCCCC/C=C/CCCCCCCCCCOC(=O)c1cccc(S(=O)(=O)[O-])c1C(=O)OCCCCCCCCCC/C=C/CCCCC.CCCCC/C=C/CCCCCCCCCCOC(=O)c1cccc(S(=O)(=O)[O-])c1C(=O)OCCCCCCCCCC/C=C/CCCCC.[Ca+2]. The zero-order chi connectivity index (χ0) is 73.1. The summed E-state index contributed by atoms with van der Waals surface area (Å²) < 4.78 is 93.2. The van der Waals surface area contributed by atoms with Crippen molar-refractivity contribution in [2.75, 3.05) is 26.4 Å². The molecular weight excluding hydrogens is 1340 g/mol. The van der Waals surface area contributed by atoms with Crippen LogP contribution in [0.25, 0.3) is 0 Å². The molecule has 0 saturated heterocycles. The Balaban J connectivity index is 0.00000196. The Kier molecular flexibility index (Phi) is 66.9. The number of benzene rings is 2. The van der Waals surface area contributed by atoms with E-state index in [2.05, 4.69) is 76.3 Å². The minimum Gasteiger partial charge on any atom is -0.744 e.